The van der Waals surface area contributed by atoms with Crippen molar-refractivity contribution < 1.29 is 9.53 Å². The highest BCUT2D eigenvalue weighted by molar-refractivity contribution is 6.33. The van der Waals surface area contributed by atoms with Gasteiger partial charge in [-0.1, -0.05) is 41.9 Å². The summed E-state index contributed by atoms with van der Waals surface area (Å²) in [5.41, 5.74) is 1.32. The van der Waals surface area contributed by atoms with E-state index < -0.39 is 0 Å². The van der Waals surface area contributed by atoms with Crippen LogP contribution >= 0.6 is 11.6 Å². The van der Waals surface area contributed by atoms with Crippen molar-refractivity contribution in [3.63, 3.8) is 0 Å². The van der Waals surface area contributed by atoms with Crippen molar-refractivity contribution >= 4 is 23.5 Å². The lowest BCUT2D eigenvalue weighted by Crippen LogP contribution is -2.44. The van der Waals surface area contributed by atoms with Crippen LogP contribution in [-0.2, 0) is 11.3 Å². The Morgan fingerprint density at radius 1 is 1.42 bits per heavy atom. The molecule has 1 unspecified atom stereocenters. The molecule has 0 bridgehead atoms. The van der Waals surface area contributed by atoms with Crippen LogP contribution in [0, 0.1) is 0 Å². The molecule has 1 atom stereocenters. The first-order valence-electron chi connectivity index (χ1n) is 7.84. The van der Waals surface area contributed by atoms with Crippen LogP contribution in [0.2, 0.25) is 5.02 Å². The summed E-state index contributed by atoms with van der Waals surface area (Å²) in [6, 6.07) is 9.90. The highest BCUT2D eigenvalue weighted by Gasteiger charge is 2.25. The van der Waals surface area contributed by atoms with Gasteiger partial charge in [-0.15, -0.1) is 0 Å². The van der Waals surface area contributed by atoms with Crippen LogP contribution in [0.5, 0.6) is 0 Å². The average molecular weight is 347 g/mol. The van der Waals surface area contributed by atoms with Gasteiger partial charge in [-0.3, -0.25) is 4.79 Å². The van der Waals surface area contributed by atoms with E-state index in [0.717, 1.165) is 5.56 Å². The van der Waals surface area contributed by atoms with Crippen molar-refractivity contribution in [1.82, 2.24) is 14.9 Å². The van der Waals surface area contributed by atoms with Crippen LogP contribution in [0.3, 0.4) is 0 Å². The summed E-state index contributed by atoms with van der Waals surface area (Å²) in [4.78, 5) is 22.8. The monoisotopic (exact) mass is 346 g/mol. The van der Waals surface area contributed by atoms with Gasteiger partial charge in [0.15, 0.2) is 5.69 Å². The molecule has 2 heterocycles. The van der Waals surface area contributed by atoms with Gasteiger partial charge in [0.25, 0.3) is 5.91 Å². The summed E-state index contributed by atoms with van der Waals surface area (Å²) >= 11 is 6.13. The maximum absolute atomic E-state index is 12.7. The van der Waals surface area contributed by atoms with Gasteiger partial charge in [0.05, 0.1) is 23.9 Å². The third-order valence-corrected chi connectivity index (χ3v) is 4.05. The minimum Gasteiger partial charge on any atom is -0.375 e. The number of rotatable bonds is 4. The lowest BCUT2D eigenvalue weighted by molar-refractivity contribution is -0.0126. The summed E-state index contributed by atoms with van der Waals surface area (Å²) < 4.78 is 5.46. The summed E-state index contributed by atoms with van der Waals surface area (Å²) in [6.07, 6.45) is 1.47. The first-order chi connectivity index (χ1) is 11.6. The number of aromatic nitrogens is 2. The number of ether oxygens (including phenoxy) is 1. The third kappa shape index (κ3) is 4.01. The summed E-state index contributed by atoms with van der Waals surface area (Å²) in [5.74, 6) is 0.188. The highest BCUT2D eigenvalue weighted by atomic mass is 35.5. The third-order valence-electron chi connectivity index (χ3n) is 3.77. The number of amides is 1. The first-order valence-corrected chi connectivity index (χ1v) is 8.22. The van der Waals surface area contributed by atoms with Crippen molar-refractivity contribution in [2.24, 2.45) is 0 Å². The van der Waals surface area contributed by atoms with E-state index in [1.54, 1.807) is 4.90 Å². The number of halogens is 1. The van der Waals surface area contributed by atoms with Gasteiger partial charge in [0, 0.05) is 19.6 Å². The molecule has 0 spiro atoms. The van der Waals surface area contributed by atoms with Gasteiger partial charge in [0.2, 0.25) is 5.95 Å². The van der Waals surface area contributed by atoms with Crippen LogP contribution in [0.1, 0.15) is 23.0 Å². The molecule has 1 N–H and O–H groups in total. The summed E-state index contributed by atoms with van der Waals surface area (Å²) in [6.45, 7) is 4.11. The predicted molar refractivity (Wildman–Crippen MR) is 92.1 cm³/mol. The normalized spacial score (nSPS) is 17.6. The largest absolute Gasteiger partial charge is 0.375 e. The van der Waals surface area contributed by atoms with Gasteiger partial charge < -0.3 is 15.0 Å². The molecule has 7 heteroatoms. The Morgan fingerprint density at radius 3 is 2.96 bits per heavy atom. The Bertz CT molecular complexity index is 711. The van der Waals surface area contributed by atoms with E-state index >= 15 is 0 Å². The van der Waals surface area contributed by atoms with Crippen molar-refractivity contribution in [3.05, 3.63) is 52.8 Å². The van der Waals surface area contributed by atoms with Crippen LogP contribution in [0.15, 0.2) is 36.5 Å². The summed E-state index contributed by atoms with van der Waals surface area (Å²) in [7, 11) is 0. The number of nitrogens with one attached hydrogen (secondary N) is 1. The van der Waals surface area contributed by atoms with E-state index in [2.05, 4.69) is 15.3 Å². The van der Waals surface area contributed by atoms with Gasteiger partial charge in [-0.05, 0) is 12.5 Å². The molecule has 1 aromatic heterocycles. The fourth-order valence-corrected chi connectivity index (χ4v) is 2.70. The molecule has 1 fully saturated rings. The van der Waals surface area contributed by atoms with Crippen molar-refractivity contribution in [3.8, 4) is 0 Å². The van der Waals surface area contributed by atoms with E-state index in [1.165, 1.54) is 6.20 Å². The molecular weight excluding hydrogens is 328 g/mol. The molecule has 24 heavy (non-hydrogen) atoms. The van der Waals surface area contributed by atoms with Gasteiger partial charge in [-0.2, -0.15) is 0 Å². The number of nitrogens with zero attached hydrogens (tertiary/aromatic N) is 3. The standard InChI is InChI=1S/C17H19ClN4O2/c1-12-11-22(7-8-24-12)16(23)15-14(18)10-20-17(21-15)19-9-13-5-3-2-4-6-13/h2-6,10,12H,7-9,11H2,1H3,(H,19,20,21). The second kappa shape index (κ2) is 7.59. The van der Waals surface area contributed by atoms with Crippen LogP contribution in [0.4, 0.5) is 5.95 Å². The topological polar surface area (TPSA) is 67.4 Å². The minimum atomic E-state index is -0.194. The zero-order valence-electron chi connectivity index (χ0n) is 13.4. The molecule has 1 aliphatic heterocycles. The SMILES string of the molecule is CC1CN(C(=O)c2nc(NCc3ccccc3)ncc2Cl)CCO1. The van der Waals surface area contributed by atoms with Crippen LogP contribution < -0.4 is 5.32 Å². The Kier molecular flexibility index (Phi) is 5.27. The number of carbonyl (C=O) groups is 1. The minimum absolute atomic E-state index is 0.0130. The van der Waals surface area contributed by atoms with E-state index in [1.807, 2.05) is 37.3 Å². The van der Waals surface area contributed by atoms with E-state index in [9.17, 15) is 4.79 Å². The lowest BCUT2D eigenvalue weighted by Gasteiger charge is -2.31. The number of benzene rings is 1. The van der Waals surface area contributed by atoms with E-state index in [0.29, 0.717) is 32.2 Å². The number of anilines is 1. The number of carbonyl (C=O) groups excluding carboxylic acids is 1. The number of hydrogen-bond acceptors (Lipinski definition) is 5. The molecule has 1 aliphatic rings. The highest BCUT2D eigenvalue weighted by Crippen LogP contribution is 2.18. The molecule has 1 amide bonds. The zero-order chi connectivity index (χ0) is 16.9. The predicted octanol–water partition coefficient (Wildman–Crippen LogP) is 2.60. The second-order valence-corrected chi connectivity index (χ2v) is 6.07. The molecule has 126 valence electrons. The molecule has 0 aliphatic carbocycles. The second-order valence-electron chi connectivity index (χ2n) is 5.66. The molecule has 1 saturated heterocycles. The van der Waals surface area contributed by atoms with E-state index in [-0.39, 0.29) is 22.7 Å². The Hall–Kier alpha value is -2.18. The summed E-state index contributed by atoms with van der Waals surface area (Å²) in [5, 5.41) is 3.37. The fraction of sp³-hybridized carbons (Fsp3) is 0.353. The Balaban J connectivity index is 1.72. The maximum Gasteiger partial charge on any atom is 0.274 e. The van der Waals surface area contributed by atoms with Crippen LogP contribution in [0.25, 0.3) is 0 Å². The molecule has 3 rings (SSSR count). The van der Waals surface area contributed by atoms with Crippen LogP contribution in [-0.4, -0.2) is 46.6 Å². The number of hydrogen-bond donors (Lipinski definition) is 1. The molecule has 2 aromatic rings. The Labute approximate surface area is 145 Å². The quantitative estimate of drug-likeness (QED) is 0.921. The van der Waals surface area contributed by atoms with Crippen molar-refractivity contribution in [2.75, 3.05) is 25.0 Å². The van der Waals surface area contributed by atoms with Gasteiger partial charge >= 0.3 is 0 Å². The Morgan fingerprint density at radius 2 is 2.21 bits per heavy atom. The smallest absolute Gasteiger partial charge is 0.274 e. The maximum atomic E-state index is 12.7. The average Bonchev–Trinajstić information content (AvgIpc) is 2.61. The first kappa shape index (κ1) is 16.7. The lowest BCUT2D eigenvalue weighted by atomic mass is 10.2. The van der Waals surface area contributed by atoms with Gasteiger partial charge in [-0.25, -0.2) is 9.97 Å². The van der Waals surface area contributed by atoms with Crippen molar-refractivity contribution in [2.45, 2.75) is 19.6 Å². The molecule has 6 nitrogen and oxygen atoms in total. The molecular formula is C17H19ClN4O2. The molecule has 0 radical (unpaired) electrons. The molecule has 0 saturated carbocycles. The zero-order valence-corrected chi connectivity index (χ0v) is 14.2. The van der Waals surface area contributed by atoms with E-state index in [4.69, 9.17) is 16.3 Å². The van der Waals surface area contributed by atoms with Crippen molar-refractivity contribution in [1.29, 1.82) is 0 Å². The van der Waals surface area contributed by atoms with Gasteiger partial charge in [0.1, 0.15) is 0 Å². The molecule has 1 aromatic carbocycles. The fourth-order valence-electron chi connectivity index (χ4n) is 2.53. The number of morpholine rings is 1.